The highest BCUT2D eigenvalue weighted by atomic mass is 19.2. The lowest BCUT2D eigenvalue weighted by molar-refractivity contribution is -0.190. The van der Waals surface area contributed by atoms with Gasteiger partial charge in [-0.25, -0.2) is 13.2 Å². The molecular weight excluding hydrogens is 532 g/mol. The molecule has 7 heteroatoms. The van der Waals surface area contributed by atoms with E-state index in [1.165, 1.54) is 18.2 Å². The van der Waals surface area contributed by atoms with E-state index in [0.29, 0.717) is 17.7 Å². The van der Waals surface area contributed by atoms with Crippen LogP contribution in [0.3, 0.4) is 0 Å². The summed E-state index contributed by atoms with van der Waals surface area (Å²) in [6, 6.07) is 12.3. The van der Waals surface area contributed by atoms with Gasteiger partial charge in [-0.3, -0.25) is 0 Å². The molecule has 1 aliphatic heterocycles. The van der Waals surface area contributed by atoms with Gasteiger partial charge in [0.2, 0.25) is 5.82 Å². The first-order valence-corrected chi connectivity index (χ1v) is 14.9. The SMILES string of the molecule is CCCCCCCOc1ccc(-c2ccc(-c3ccc(C4COC(CCCCC)OC4)c(F)c3F)cc2)c(F)c1F. The van der Waals surface area contributed by atoms with Crippen molar-refractivity contribution in [3.8, 4) is 28.0 Å². The summed E-state index contributed by atoms with van der Waals surface area (Å²) in [5.41, 5.74) is 1.21. The molecule has 41 heavy (non-hydrogen) atoms. The van der Waals surface area contributed by atoms with Gasteiger partial charge in [0.15, 0.2) is 29.5 Å². The fraction of sp³-hybridized carbons (Fsp3) is 0.471. The van der Waals surface area contributed by atoms with E-state index in [1.54, 1.807) is 30.3 Å². The van der Waals surface area contributed by atoms with E-state index < -0.39 is 29.2 Å². The molecule has 4 rings (SSSR count). The molecule has 0 N–H and O–H groups in total. The predicted octanol–water partition coefficient (Wildman–Crippen LogP) is 9.96. The molecular formula is C34H40F4O3. The zero-order chi connectivity index (χ0) is 29.2. The number of unbranched alkanes of at least 4 members (excludes halogenated alkanes) is 6. The highest BCUT2D eigenvalue weighted by Gasteiger charge is 2.27. The number of hydrogen-bond acceptors (Lipinski definition) is 3. The van der Waals surface area contributed by atoms with Gasteiger partial charge in [-0.1, -0.05) is 88.8 Å². The van der Waals surface area contributed by atoms with Crippen molar-refractivity contribution >= 4 is 0 Å². The van der Waals surface area contributed by atoms with Crippen LogP contribution in [0.2, 0.25) is 0 Å². The lowest BCUT2D eigenvalue weighted by atomic mass is 9.94. The van der Waals surface area contributed by atoms with Gasteiger partial charge in [-0.2, -0.15) is 4.39 Å². The van der Waals surface area contributed by atoms with Crippen molar-refractivity contribution in [2.45, 2.75) is 83.8 Å². The molecule has 1 aliphatic rings. The Kier molecular flexibility index (Phi) is 11.6. The zero-order valence-electron chi connectivity index (χ0n) is 24.0. The highest BCUT2D eigenvalue weighted by Crippen LogP contribution is 2.35. The third kappa shape index (κ3) is 7.89. The first kappa shape index (κ1) is 31.0. The molecule has 0 radical (unpaired) electrons. The second-order valence-corrected chi connectivity index (χ2v) is 10.7. The maximum atomic E-state index is 15.2. The van der Waals surface area contributed by atoms with Crippen LogP contribution in [-0.2, 0) is 9.47 Å². The van der Waals surface area contributed by atoms with Crippen molar-refractivity contribution < 1.29 is 31.8 Å². The van der Waals surface area contributed by atoms with Gasteiger partial charge in [0.05, 0.1) is 19.8 Å². The molecule has 3 nitrogen and oxygen atoms in total. The smallest absolute Gasteiger partial charge is 0.201 e. The standard InChI is InChI=1S/C34H40F4O3/c1-3-5-7-8-10-20-39-29-19-18-27(33(37)34(29)38)24-14-12-23(13-15-24)26-16-17-28(32(36)31(26)35)25-21-40-30(41-22-25)11-9-6-4-2/h12-19,25,30H,3-11,20-22H2,1-2H3. The molecule has 0 saturated carbocycles. The molecule has 1 fully saturated rings. The third-order valence-electron chi connectivity index (χ3n) is 7.62. The Bertz CT molecular complexity index is 1250. The Balaban J connectivity index is 1.41. The minimum absolute atomic E-state index is 0.0663. The molecule has 0 aliphatic carbocycles. The molecule has 0 bridgehead atoms. The van der Waals surface area contributed by atoms with Gasteiger partial charge >= 0.3 is 0 Å². The minimum atomic E-state index is -1.04. The summed E-state index contributed by atoms with van der Waals surface area (Å²) in [5, 5.41) is 0. The summed E-state index contributed by atoms with van der Waals surface area (Å²) in [6.45, 7) is 5.13. The average Bonchev–Trinajstić information content (AvgIpc) is 2.99. The molecule has 1 saturated heterocycles. The number of halogens is 4. The largest absolute Gasteiger partial charge is 0.490 e. The Morgan fingerprint density at radius 1 is 0.634 bits per heavy atom. The van der Waals surface area contributed by atoms with E-state index in [4.69, 9.17) is 14.2 Å². The summed E-state index contributed by atoms with van der Waals surface area (Å²) >= 11 is 0. The van der Waals surface area contributed by atoms with Crippen LogP contribution >= 0.6 is 0 Å². The lowest BCUT2D eigenvalue weighted by Gasteiger charge is -2.30. The van der Waals surface area contributed by atoms with E-state index in [9.17, 15) is 8.78 Å². The second-order valence-electron chi connectivity index (χ2n) is 10.7. The van der Waals surface area contributed by atoms with Gasteiger partial charge in [-0.15, -0.1) is 0 Å². The van der Waals surface area contributed by atoms with Crippen molar-refractivity contribution in [1.29, 1.82) is 0 Å². The Morgan fingerprint density at radius 2 is 1.20 bits per heavy atom. The van der Waals surface area contributed by atoms with Crippen molar-refractivity contribution in [3.63, 3.8) is 0 Å². The van der Waals surface area contributed by atoms with Crippen LogP contribution in [0.25, 0.3) is 22.3 Å². The predicted molar refractivity (Wildman–Crippen MR) is 154 cm³/mol. The normalized spacial score (nSPS) is 17.1. The highest BCUT2D eigenvalue weighted by molar-refractivity contribution is 5.72. The fourth-order valence-corrected chi connectivity index (χ4v) is 5.14. The van der Waals surface area contributed by atoms with Gasteiger partial charge in [0.1, 0.15) is 0 Å². The van der Waals surface area contributed by atoms with E-state index in [1.807, 2.05) is 0 Å². The van der Waals surface area contributed by atoms with Gasteiger partial charge < -0.3 is 14.2 Å². The quantitative estimate of drug-likeness (QED) is 0.142. The first-order valence-electron chi connectivity index (χ1n) is 14.9. The molecule has 0 spiro atoms. The third-order valence-corrected chi connectivity index (χ3v) is 7.62. The molecule has 3 aromatic carbocycles. The topological polar surface area (TPSA) is 27.7 Å². The van der Waals surface area contributed by atoms with Crippen LogP contribution in [0, 0.1) is 23.3 Å². The van der Waals surface area contributed by atoms with Gasteiger partial charge in [-0.05, 0) is 48.1 Å². The van der Waals surface area contributed by atoms with E-state index in [0.717, 1.165) is 57.8 Å². The summed E-state index contributed by atoms with van der Waals surface area (Å²) in [5.74, 6) is -4.44. The summed E-state index contributed by atoms with van der Waals surface area (Å²) in [6.07, 6.45) is 8.84. The van der Waals surface area contributed by atoms with Gasteiger partial charge in [0.25, 0.3) is 0 Å². The van der Waals surface area contributed by atoms with Crippen LogP contribution in [0.5, 0.6) is 5.75 Å². The molecule has 222 valence electrons. The summed E-state index contributed by atoms with van der Waals surface area (Å²) in [4.78, 5) is 0. The number of hydrogen-bond donors (Lipinski definition) is 0. The number of benzene rings is 3. The number of rotatable bonds is 14. The Hall–Kier alpha value is -2.90. The molecule has 0 unspecified atom stereocenters. The molecule has 0 aromatic heterocycles. The van der Waals surface area contributed by atoms with E-state index >= 15 is 8.78 Å². The van der Waals surface area contributed by atoms with Crippen LogP contribution in [0.15, 0.2) is 48.5 Å². The lowest BCUT2D eigenvalue weighted by Crippen LogP contribution is -2.31. The van der Waals surface area contributed by atoms with Crippen LogP contribution in [0.4, 0.5) is 17.6 Å². The molecule has 3 aromatic rings. The van der Waals surface area contributed by atoms with Crippen LogP contribution in [-0.4, -0.2) is 26.1 Å². The summed E-state index contributed by atoms with van der Waals surface area (Å²) < 4.78 is 76.9. The Labute approximate surface area is 240 Å². The van der Waals surface area contributed by atoms with Gasteiger partial charge in [0, 0.05) is 17.0 Å². The Morgan fingerprint density at radius 3 is 1.83 bits per heavy atom. The molecule has 0 amide bonds. The first-order chi connectivity index (χ1) is 19.9. The minimum Gasteiger partial charge on any atom is -0.490 e. The van der Waals surface area contributed by atoms with Crippen molar-refractivity contribution in [1.82, 2.24) is 0 Å². The number of ether oxygens (including phenoxy) is 3. The maximum absolute atomic E-state index is 15.2. The fourth-order valence-electron chi connectivity index (χ4n) is 5.14. The second kappa shape index (κ2) is 15.4. The zero-order valence-corrected chi connectivity index (χ0v) is 24.0. The van der Waals surface area contributed by atoms with Crippen molar-refractivity contribution in [2.75, 3.05) is 19.8 Å². The summed E-state index contributed by atoms with van der Waals surface area (Å²) in [7, 11) is 0. The van der Waals surface area contributed by atoms with E-state index in [2.05, 4.69) is 13.8 Å². The van der Waals surface area contributed by atoms with E-state index in [-0.39, 0.29) is 41.9 Å². The average molecular weight is 573 g/mol. The monoisotopic (exact) mass is 572 g/mol. The van der Waals surface area contributed by atoms with Crippen molar-refractivity contribution in [2.24, 2.45) is 0 Å². The molecule has 0 atom stereocenters. The van der Waals surface area contributed by atoms with Crippen molar-refractivity contribution in [3.05, 3.63) is 77.4 Å². The van der Waals surface area contributed by atoms with Crippen LogP contribution in [0.1, 0.15) is 83.1 Å². The maximum Gasteiger partial charge on any atom is 0.201 e. The molecule has 1 heterocycles. The van der Waals surface area contributed by atoms with Crippen LogP contribution < -0.4 is 4.74 Å².